The van der Waals surface area contributed by atoms with Crippen LogP contribution in [0.5, 0.6) is 0 Å². The molecular weight excluding hydrogens is 178 g/mol. The fourth-order valence-corrected chi connectivity index (χ4v) is 1.27. The number of halogens is 1. The van der Waals surface area contributed by atoms with Gasteiger partial charge < -0.3 is 10.0 Å². The third kappa shape index (κ3) is 1.35. The van der Waals surface area contributed by atoms with Gasteiger partial charge in [-0.3, -0.25) is 0 Å². The lowest BCUT2D eigenvalue weighted by atomic mass is 10.2. The Balaban J connectivity index is 2.13. The zero-order valence-electron chi connectivity index (χ0n) is 6.31. The number of nitrogens with zero attached hydrogens (tertiary/aromatic N) is 3. The smallest absolute Gasteiger partial charge is 0.152 e. The van der Waals surface area contributed by atoms with Crippen molar-refractivity contribution in [1.82, 2.24) is 10.2 Å². The molecule has 1 aliphatic heterocycles. The van der Waals surface area contributed by atoms with E-state index in [9.17, 15) is 0 Å². The normalized spacial score (nSPS) is 17.7. The number of β-amino-alcohol motifs (C(OH)–C–C–N with tert-alkyl or cyclic N) is 1. The lowest BCUT2D eigenvalue weighted by Crippen LogP contribution is -2.51. The Hall–Kier alpha value is -0.870. The molecule has 0 saturated carbocycles. The summed E-state index contributed by atoms with van der Waals surface area (Å²) >= 11 is 5.71. The summed E-state index contributed by atoms with van der Waals surface area (Å²) in [7, 11) is 0. The van der Waals surface area contributed by atoms with Crippen molar-refractivity contribution in [1.29, 1.82) is 0 Å². The maximum absolute atomic E-state index is 9.03. The average molecular weight is 186 g/mol. The molecule has 2 rings (SSSR count). The van der Waals surface area contributed by atoms with Gasteiger partial charge in [-0.1, -0.05) is 11.6 Å². The lowest BCUT2D eigenvalue weighted by molar-refractivity contribution is 0.141. The quantitative estimate of drug-likeness (QED) is 0.684. The van der Waals surface area contributed by atoms with E-state index < -0.39 is 0 Å². The molecule has 0 atom stereocenters. The summed E-state index contributed by atoms with van der Waals surface area (Å²) in [6.07, 6.45) is 1.26. The number of aliphatic hydroxyl groups is 1. The van der Waals surface area contributed by atoms with Crippen LogP contribution in [0.25, 0.3) is 0 Å². The Kier molecular flexibility index (Phi) is 1.86. The molecular formula is C7H8ClN3O. The first-order chi connectivity index (χ1) is 5.75. The van der Waals surface area contributed by atoms with Gasteiger partial charge in [-0.15, -0.1) is 5.10 Å². The molecule has 1 aliphatic rings. The van der Waals surface area contributed by atoms with E-state index in [0.29, 0.717) is 18.1 Å². The Morgan fingerprint density at radius 2 is 2.33 bits per heavy atom. The van der Waals surface area contributed by atoms with Gasteiger partial charge in [0.2, 0.25) is 0 Å². The fraction of sp³-hybridized carbons (Fsp3) is 0.429. The van der Waals surface area contributed by atoms with Crippen LogP contribution in [0.4, 0.5) is 5.82 Å². The highest BCUT2D eigenvalue weighted by molar-refractivity contribution is 6.30. The van der Waals surface area contributed by atoms with E-state index in [-0.39, 0.29) is 6.10 Å². The monoisotopic (exact) mass is 185 g/mol. The summed E-state index contributed by atoms with van der Waals surface area (Å²) in [5.74, 6) is 0.729. The molecule has 1 aromatic rings. The minimum atomic E-state index is -0.231. The highest BCUT2D eigenvalue weighted by atomic mass is 35.5. The molecule has 4 nitrogen and oxygen atoms in total. The second-order valence-electron chi connectivity index (χ2n) is 2.79. The van der Waals surface area contributed by atoms with Crippen molar-refractivity contribution in [2.45, 2.75) is 6.10 Å². The zero-order valence-corrected chi connectivity index (χ0v) is 7.07. The molecule has 1 fully saturated rings. The van der Waals surface area contributed by atoms with Crippen molar-refractivity contribution in [3.05, 3.63) is 17.3 Å². The van der Waals surface area contributed by atoms with Gasteiger partial charge >= 0.3 is 0 Å². The van der Waals surface area contributed by atoms with Crippen LogP contribution >= 0.6 is 11.6 Å². The predicted octanol–water partition coefficient (Wildman–Crippen LogP) is 0.311. The molecule has 1 aromatic heterocycles. The van der Waals surface area contributed by atoms with Crippen LogP contribution in [0, 0.1) is 0 Å². The molecule has 0 aromatic carbocycles. The van der Waals surface area contributed by atoms with E-state index in [1.807, 2.05) is 4.90 Å². The van der Waals surface area contributed by atoms with E-state index in [1.165, 1.54) is 6.20 Å². The standard InChI is InChI=1S/C7H8ClN3O/c8-5-1-7(10-9-2-5)11-3-6(12)4-11/h1-2,6,12H,3-4H2. The molecule has 0 amide bonds. The van der Waals surface area contributed by atoms with Gasteiger partial charge in [-0.2, -0.15) is 5.10 Å². The number of anilines is 1. The van der Waals surface area contributed by atoms with Crippen LogP contribution in [-0.2, 0) is 0 Å². The van der Waals surface area contributed by atoms with Gasteiger partial charge in [-0.25, -0.2) is 0 Å². The van der Waals surface area contributed by atoms with Gasteiger partial charge in [0.05, 0.1) is 17.3 Å². The third-order valence-corrected chi connectivity index (χ3v) is 2.00. The molecule has 1 saturated heterocycles. The Labute approximate surface area is 74.8 Å². The van der Waals surface area contributed by atoms with Crippen LogP contribution < -0.4 is 4.90 Å². The second kappa shape index (κ2) is 2.88. The molecule has 64 valence electrons. The Morgan fingerprint density at radius 1 is 1.58 bits per heavy atom. The second-order valence-corrected chi connectivity index (χ2v) is 3.23. The fourth-order valence-electron chi connectivity index (χ4n) is 1.13. The Morgan fingerprint density at radius 3 is 2.92 bits per heavy atom. The lowest BCUT2D eigenvalue weighted by Gasteiger charge is -2.36. The van der Waals surface area contributed by atoms with Crippen molar-refractivity contribution < 1.29 is 5.11 Å². The van der Waals surface area contributed by atoms with E-state index >= 15 is 0 Å². The number of rotatable bonds is 1. The minimum Gasteiger partial charge on any atom is -0.389 e. The highest BCUT2D eigenvalue weighted by Gasteiger charge is 2.25. The largest absolute Gasteiger partial charge is 0.389 e. The van der Waals surface area contributed by atoms with Crippen molar-refractivity contribution in [2.75, 3.05) is 18.0 Å². The van der Waals surface area contributed by atoms with Crippen molar-refractivity contribution in [3.8, 4) is 0 Å². The van der Waals surface area contributed by atoms with Crippen molar-refractivity contribution >= 4 is 17.4 Å². The molecule has 0 unspecified atom stereocenters. The number of aromatic nitrogens is 2. The third-order valence-electron chi connectivity index (χ3n) is 1.79. The first-order valence-corrected chi connectivity index (χ1v) is 4.05. The number of hydrogen-bond acceptors (Lipinski definition) is 4. The molecule has 0 spiro atoms. The summed E-state index contributed by atoms with van der Waals surface area (Å²) in [4.78, 5) is 1.92. The Bertz CT molecular complexity index is 288. The molecule has 0 aliphatic carbocycles. The number of aliphatic hydroxyl groups excluding tert-OH is 1. The molecule has 1 N–H and O–H groups in total. The predicted molar refractivity (Wildman–Crippen MR) is 45.3 cm³/mol. The van der Waals surface area contributed by atoms with Crippen LogP contribution in [0.3, 0.4) is 0 Å². The van der Waals surface area contributed by atoms with Crippen LogP contribution in [0.1, 0.15) is 0 Å². The van der Waals surface area contributed by atoms with E-state index in [0.717, 1.165) is 5.82 Å². The summed E-state index contributed by atoms with van der Waals surface area (Å²) in [6, 6.07) is 1.74. The molecule has 5 heteroatoms. The zero-order chi connectivity index (χ0) is 8.55. The number of hydrogen-bond donors (Lipinski definition) is 1. The highest BCUT2D eigenvalue weighted by Crippen LogP contribution is 2.19. The van der Waals surface area contributed by atoms with E-state index in [4.69, 9.17) is 16.7 Å². The first kappa shape index (κ1) is 7.76. The molecule has 0 bridgehead atoms. The summed E-state index contributed by atoms with van der Waals surface area (Å²) in [6.45, 7) is 1.24. The molecule has 12 heavy (non-hydrogen) atoms. The summed E-state index contributed by atoms with van der Waals surface area (Å²) in [5.41, 5.74) is 0. The minimum absolute atomic E-state index is 0.231. The van der Waals surface area contributed by atoms with Crippen LogP contribution in [0.15, 0.2) is 12.3 Å². The van der Waals surface area contributed by atoms with Gasteiger partial charge in [0.15, 0.2) is 5.82 Å². The maximum Gasteiger partial charge on any atom is 0.152 e. The van der Waals surface area contributed by atoms with Gasteiger partial charge in [0.25, 0.3) is 0 Å². The van der Waals surface area contributed by atoms with E-state index in [2.05, 4.69) is 10.2 Å². The molecule has 2 heterocycles. The molecule has 0 radical (unpaired) electrons. The van der Waals surface area contributed by atoms with E-state index in [1.54, 1.807) is 6.07 Å². The first-order valence-electron chi connectivity index (χ1n) is 3.67. The van der Waals surface area contributed by atoms with Gasteiger partial charge in [-0.05, 0) is 0 Å². The van der Waals surface area contributed by atoms with Gasteiger partial charge in [0, 0.05) is 19.2 Å². The van der Waals surface area contributed by atoms with Crippen LogP contribution in [0.2, 0.25) is 5.02 Å². The summed E-state index contributed by atoms with van der Waals surface area (Å²) < 4.78 is 0. The summed E-state index contributed by atoms with van der Waals surface area (Å²) in [5, 5.41) is 17.2. The van der Waals surface area contributed by atoms with Crippen LogP contribution in [-0.4, -0.2) is 34.5 Å². The SMILES string of the molecule is OC1CN(c2cc(Cl)cnn2)C1. The topological polar surface area (TPSA) is 49.2 Å². The van der Waals surface area contributed by atoms with Gasteiger partial charge in [0.1, 0.15) is 0 Å². The average Bonchev–Trinajstić information content (AvgIpc) is 1.99. The maximum atomic E-state index is 9.03. The van der Waals surface area contributed by atoms with Crippen molar-refractivity contribution in [2.24, 2.45) is 0 Å². The van der Waals surface area contributed by atoms with Crippen molar-refractivity contribution in [3.63, 3.8) is 0 Å².